The van der Waals surface area contributed by atoms with E-state index in [1.165, 1.54) is 18.4 Å². The van der Waals surface area contributed by atoms with E-state index >= 15 is 0 Å². The molecular formula is C13H19NO. The Morgan fingerprint density at radius 2 is 1.87 bits per heavy atom. The molecule has 0 atom stereocenters. The maximum atomic E-state index is 9.16. The van der Waals surface area contributed by atoms with Crippen molar-refractivity contribution < 1.29 is 5.11 Å². The van der Waals surface area contributed by atoms with E-state index in [9.17, 15) is 0 Å². The van der Waals surface area contributed by atoms with Gasteiger partial charge in [0.1, 0.15) is 5.75 Å². The fourth-order valence-corrected chi connectivity index (χ4v) is 1.89. The van der Waals surface area contributed by atoms with Crippen LogP contribution in [-0.2, 0) is 6.54 Å². The first-order chi connectivity index (χ1) is 7.08. The van der Waals surface area contributed by atoms with E-state index in [1.807, 2.05) is 12.1 Å². The van der Waals surface area contributed by atoms with Crippen LogP contribution in [0.5, 0.6) is 5.75 Å². The van der Waals surface area contributed by atoms with Crippen LogP contribution >= 0.6 is 0 Å². The van der Waals surface area contributed by atoms with Gasteiger partial charge in [-0.15, -0.1) is 0 Å². The quantitative estimate of drug-likeness (QED) is 0.792. The minimum atomic E-state index is 0.248. The summed E-state index contributed by atoms with van der Waals surface area (Å²) >= 11 is 0. The van der Waals surface area contributed by atoms with Crippen LogP contribution in [0.4, 0.5) is 0 Å². The van der Waals surface area contributed by atoms with Gasteiger partial charge in [0.15, 0.2) is 0 Å². The summed E-state index contributed by atoms with van der Waals surface area (Å²) in [5, 5.41) is 12.7. The highest BCUT2D eigenvalue weighted by Crippen LogP contribution is 2.39. The molecule has 2 rings (SSSR count). The Bertz CT molecular complexity index is 325. The summed E-state index contributed by atoms with van der Waals surface area (Å²) in [5.74, 6) is 1.18. The summed E-state index contributed by atoms with van der Waals surface area (Å²) in [6.45, 7) is 5.42. The Hall–Kier alpha value is -1.02. The molecule has 2 nitrogen and oxygen atoms in total. The molecule has 2 N–H and O–H groups in total. The molecule has 0 spiro atoms. The zero-order chi connectivity index (χ0) is 10.9. The van der Waals surface area contributed by atoms with Crippen molar-refractivity contribution in [2.75, 3.05) is 0 Å². The molecule has 0 aliphatic heterocycles. The summed E-state index contributed by atoms with van der Waals surface area (Å²) in [6, 6.07) is 7.40. The van der Waals surface area contributed by atoms with Crippen LogP contribution in [-0.4, -0.2) is 10.6 Å². The molecule has 82 valence electrons. The molecule has 1 aliphatic rings. The second-order valence-electron chi connectivity index (χ2n) is 5.02. The van der Waals surface area contributed by atoms with Crippen molar-refractivity contribution in [3.05, 3.63) is 29.8 Å². The van der Waals surface area contributed by atoms with Crippen molar-refractivity contribution >= 4 is 0 Å². The standard InChI is InChI=1S/C13H19NO/c1-13(2,11-5-6-11)14-9-10-3-7-12(15)8-4-10/h3-4,7-8,11,14-15H,5-6,9H2,1-2H3. The molecule has 0 heterocycles. The Morgan fingerprint density at radius 1 is 1.27 bits per heavy atom. The van der Waals surface area contributed by atoms with Crippen LogP contribution in [0.15, 0.2) is 24.3 Å². The molecule has 0 bridgehead atoms. The molecule has 1 aliphatic carbocycles. The van der Waals surface area contributed by atoms with Gasteiger partial charge in [0.2, 0.25) is 0 Å². The van der Waals surface area contributed by atoms with Crippen LogP contribution in [0.3, 0.4) is 0 Å². The van der Waals surface area contributed by atoms with E-state index in [-0.39, 0.29) is 5.54 Å². The van der Waals surface area contributed by atoms with Crippen molar-refractivity contribution in [3.8, 4) is 5.75 Å². The number of nitrogens with one attached hydrogen (secondary N) is 1. The van der Waals surface area contributed by atoms with Gasteiger partial charge in [-0.1, -0.05) is 12.1 Å². The number of rotatable bonds is 4. The highest BCUT2D eigenvalue weighted by Gasteiger charge is 2.36. The van der Waals surface area contributed by atoms with E-state index in [0.29, 0.717) is 5.75 Å². The molecule has 0 aromatic heterocycles. The second kappa shape index (κ2) is 3.86. The molecule has 1 aromatic carbocycles. The van der Waals surface area contributed by atoms with Crippen LogP contribution < -0.4 is 5.32 Å². The van der Waals surface area contributed by atoms with Gasteiger partial charge in [-0.3, -0.25) is 0 Å². The SMILES string of the molecule is CC(C)(NCc1ccc(O)cc1)C1CC1. The summed E-state index contributed by atoms with van der Waals surface area (Å²) in [5.41, 5.74) is 1.47. The lowest BCUT2D eigenvalue weighted by Gasteiger charge is -2.26. The molecule has 1 aromatic rings. The first-order valence-electron chi connectivity index (χ1n) is 5.61. The Morgan fingerprint density at radius 3 is 2.40 bits per heavy atom. The summed E-state index contributed by atoms with van der Waals surface area (Å²) in [7, 11) is 0. The Labute approximate surface area is 91.3 Å². The molecule has 0 amide bonds. The zero-order valence-electron chi connectivity index (χ0n) is 9.46. The van der Waals surface area contributed by atoms with E-state index in [4.69, 9.17) is 5.11 Å². The van der Waals surface area contributed by atoms with E-state index in [2.05, 4.69) is 19.2 Å². The monoisotopic (exact) mass is 205 g/mol. The van der Waals surface area contributed by atoms with E-state index < -0.39 is 0 Å². The highest BCUT2D eigenvalue weighted by molar-refractivity contribution is 5.25. The highest BCUT2D eigenvalue weighted by atomic mass is 16.3. The summed E-state index contributed by atoms with van der Waals surface area (Å²) in [4.78, 5) is 0. The maximum Gasteiger partial charge on any atom is 0.115 e. The lowest BCUT2D eigenvalue weighted by Crippen LogP contribution is -2.40. The number of phenols is 1. The number of hydrogen-bond acceptors (Lipinski definition) is 2. The van der Waals surface area contributed by atoms with Gasteiger partial charge in [-0.05, 0) is 50.3 Å². The molecule has 0 saturated heterocycles. The lowest BCUT2D eigenvalue weighted by molar-refractivity contribution is 0.339. The summed E-state index contributed by atoms with van der Waals surface area (Å²) in [6.07, 6.45) is 2.71. The fraction of sp³-hybridized carbons (Fsp3) is 0.538. The van der Waals surface area contributed by atoms with Gasteiger partial charge in [0, 0.05) is 12.1 Å². The van der Waals surface area contributed by atoms with E-state index in [0.717, 1.165) is 12.5 Å². The molecule has 15 heavy (non-hydrogen) atoms. The third-order valence-electron chi connectivity index (χ3n) is 3.28. The summed E-state index contributed by atoms with van der Waals surface area (Å²) < 4.78 is 0. The third-order valence-corrected chi connectivity index (χ3v) is 3.28. The third kappa shape index (κ3) is 2.72. The van der Waals surface area contributed by atoms with Crippen molar-refractivity contribution in [2.24, 2.45) is 5.92 Å². The molecule has 2 heteroatoms. The Balaban J connectivity index is 1.89. The number of phenolic OH excluding ortho intramolecular Hbond substituents is 1. The Kier molecular flexibility index (Phi) is 2.70. The van der Waals surface area contributed by atoms with Gasteiger partial charge in [-0.25, -0.2) is 0 Å². The first-order valence-corrected chi connectivity index (χ1v) is 5.61. The smallest absolute Gasteiger partial charge is 0.115 e. The fourth-order valence-electron chi connectivity index (χ4n) is 1.89. The average Bonchev–Trinajstić information content (AvgIpc) is 3.00. The van der Waals surface area contributed by atoms with Crippen molar-refractivity contribution in [1.29, 1.82) is 0 Å². The van der Waals surface area contributed by atoms with Gasteiger partial charge in [0.25, 0.3) is 0 Å². The average molecular weight is 205 g/mol. The molecule has 1 saturated carbocycles. The van der Waals surface area contributed by atoms with E-state index in [1.54, 1.807) is 12.1 Å². The zero-order valence-corrected chi connectivity index (χ0v) is 9.46. The molecular weight excluding hydrogens is 186 g/mol. The molecule has 0 radical (unpaired) electrons. The van der Waals surface area contributed by atoms with Gasteiger partial charge >= 0.3 is 0 Å². The molecule has 0 unspecified atom stereocenters. The topological polar surface area (TPSA) is 32.3 Å². The number of hydrogen-bond donors (Lipinski definition) is 2. The predicted molar refractivity (Wildman–Crippen MR) is 61.7 cm³/mol. The second-order valence-corrected chi connectivity index (χ2v) is 5.02. The number of aromatic hydroxyl groups is 1. The molecule has 1 fully saturated rings. The lowest BCUT2D eigenvalue weighted by atomic mass is 9.98. The van der Waals surface area contributed by atoms with Gasteiger partial charge in [0.05, 0.1) is 0 Å². The van der Waals surface area contributed by atoms with Crippen LogP contribution in [0.2, 0.25) is 0 Å². The predicted octanol–water partition coefficient (Wildman–Crippen LogP) is 2.67. The van der Waals surface area contributed by atoms with Crippen LogP contribution in [0.25, 0.3) is 0 Å². The van der Waals surface area contributed by atoms with Gasteiger partial charge in [-0.2, -0.15) is 0 Å². The van der Waals surface area contributed by atoms with Crippen molar-refractivity contribution in [3.63, 3.8) is 0 Å². The number of benzene rings is 1. The maximum absolute atomic E-state index is 9.16. The minimum Gasteiger partial charge on any atom is -0.508 e. The normalized spacial score (nSPS) is 16.7. The van der Waals surface area contributed by atoms with Crippen LogP contribution in [0.1, 0.15) is 32.3 Å². The largest absolute Gasteiger partial charge is 0.508 e. The minimum absolute atomic E-state index is 0.248. The van der Waals surface area contributed by atoms with Crippen molar-refractivity contribution in [2.45, 2.75) is 38.8 Å². The van der Waals surface area contributed by atoms with Crippen molar-refractivity contribution in [1.82, 2.24) is 5.32 Å². The van der Waals surface area contributed by atoms with Gasteiger partial charge < -0.3 is 10.4 Å². The first kappa shape index (κ1) is 10.5. The van der Waals surface area contributed by atoms with Crippen LogP contribution in [0, 0.1) is 5.92 Å².